The van der Waals surface area contributed by atoms with E-state index in [0.29, 0.717) is 0 Å². The Kier molecular flexibility index (Phi) is 3.49. The van der Waals surface area contributed by atoms with Gasteiger partial charge in [0.25, 0.3) is 0 Å². The smallest absolute Gasteiger partial charge is 0.251 e. The Bertz CT molecular complexity index is 149. The molecule has 0 aromatic rings. The molecule has 0 radical (unpaired) electrons. The van der Waals surface area contributed by atoms with Crippen LogP contribution < -0.4 is 5.09 Å². The van der Waals surface area contributed by atoms with Gasteiger partial charge in [0.15, 0.2) is 0 Å². The van der Waals surface area contributed by atoms with E-state index in [9.17, 15) is 8.76 Å². The maximum atomic E-state index is 12.8. The minimum absolute atomic E-state index is 0.0989. The Morgan fingerprint density at radius 1 is 1.50 bits per heavy atom. The summed E-state index contributed by atoms with van der Waals surface area (Å²) in [6.07, 6.45) is 0. The lowest BCUT2D eigenvalue weighted by molar-refractivity contribution is 0.445. The van der Waals surface area contributed by atoms with Crippen molar-refractivity contribution in [1.82, 2.24) is 9.76 Å². The third-order valence-corrected chi connectivity index (χ3v) is 2.80. The van der Waals surface area contributed by atoms with Gasteiger partial charge in [-0.25, -0.2) is 9.76 Å². The number of hydrogen-bond donors (Lipinski definition) is 1. The molecule has 1 unspecified atom stereocenters. The molecule has 1 atom stereocenters. The van der Waals surface area contributed by atoms with Crippen molar-refractivity contribution in [3.63, 3.8) is 0 Å². The van der Waals surface area contributed by atoms with Gasteiger partial charge in [-0.3, -0.25) is 4.57 Å². The second-order valence-electron chi connectivity index (χ2n) is 2.63. The molecule has 1 N–H and O–H groups in total. The van der Waals surface area contributed by atoms with Crippen molar-refractivity contribution in [3.8, 4) is 0 Å². The van der Waals surface area contributed by atoms with E-state index < -0.39 is 7.75 Å². The van der Waals surface area contributed by atoms with E-state index >= 15 is 0 Å². The van der Waals surface area contributed by atoms with Crippen LogP contribution in [-0.4, -0.2) is 24.8 Å². The Labute approximate surface area is 61.2 Å². The monoisotopic (exact) mass is 168 g/mol. The van der Waals surface area contributed by atoms with E-state index in [1.807, 2.05) is 0 Å². The molecule has 0 saturated carbocycles. The highest BCUT2D eigenvalue weighted by Crippen LogP contribution is 2.44. The summed E-state index contributed by atoms with van der Waals surface area (Å²) in [6, 6.07) is -0.0989. The molecule has 0 amide bonds. The molecule has 0 rings (SSSR count). The van der Waals surface area contributed by atoms with Crippen molar-refractivity contribution in [2.45, 2.75) is 19.9 Å². The molecule has 0 aliphatic rings. The molecule has 0 aliphatic heterocycles. The summed E-state index contributed by atoms with van der Waals surface area (Å²) in [5, 5.41) is 2.33. The average Bonchev–Trinajstić information content (AvgIpc) is 1.60. The minimum Gasteiger partial charge on any atom is -0.251 e. The third kappa shape index (κ3) is 3.30. The van der Waals surface area contributed by atoms with Crippen LogP contribution in [0.4, 0.5) is 4.20 Å². The summed E-state index contributed by atoms with van der Waals surface area (Å²) >= 11 is 0. The zero-order valence-electron chi connectivity index (χ0n) is 6.76. The number of halogens is 1. The molecular formula is C5H14FN2OP. The molecule has 10 heavy (non-hydrogen) atoms. The number of rotatable bonds is 3. The van der Waals surface area contributed by atoms with Gasteiger partial charge in [-0.05, 0) is 27.9 Å². The maximum Gasteiger partial charge on any atom is 0.379 e. The molecule has 3 nitrogen and oxygen atoms in total. The second-order valence-corrected chi connectivity index (χ2v) is 4.70. The van der Waals surface area contributed by atoms with Gasteiger partial charge in [-0.15, -0.1) is 0 Å². The van der Waals surface area contributed by atoms with Gasteiger partial charge < -0.3 is 0 Å². The summed E-state index contributed by atoms with van der Waals surface area (Å²) < 4.78 is 24.8. The van der Waals surface area contributed by atoms with Crippen LogP contribution in [0.3, 0.4) is 0 Å². The van der Waals surface area contributed by atoms with E-state index in [-0.39, 0.29) is 6.04 Å². The number of nitrogens with one attached hydrogen (secondary N) is 1. The van der Waals surface area contributed by atoms with Crippen molar-refractivity contribution >= 4 is 7.75 Å². The van der Waals surface area contributed by atoms with Crippen molar-refractivity contribution in [2.75, 3.05) is 14.1 Å². The second kappa shape index (κ2) is 3.46. The zero-order chi connectivity index (χ0) is 8.36. The first-order chi connectivity index (χ1) is 4.36. The summed E-state index contributed by atoms with van der Waals surface area (Å²) in [6.45, 7) is 3.49. The van der Waals surface area contributed by atoms with Gasteiger partial charge in [0, 0.05) is 6.04 Å². The van der Waals surface area contributed by atoms with Gasteiger partial charge in [0.2, 0.25) is 0 Å². The predicted octanol–water partition coefficient (Wildman–Crippen LogP) is 1.62. The van der Waals surface area contributed by atoms with Crippen LogP contribution in [0.5, 0.6) is 0 Å². The predicted molar refractivity (Wildman–Crippen MR) is 40.7 cm³/mol. The molecule has 0 aromatic heterocycles. The Balaban J connectivity index is 4.01. The van der Waals surface area contributed by atoms with Gasteiger partial charge >= 0.3 is 7.75 Å². The van der Waals surface area contributed by atoms with Crippen LogP contribution in [0, 0.1) is 0 Å². The standard InChI is InChI=1S/C5H14FN2OP/c1-5(2)7-10(6,9)8(3)4/h5H,1-4H3,(H,7,9). The van der Waals surface area contributed by atoms with Crippen LogP contribution in [0.2, 0.25) is 0 Å². The highest BCUT2D eigenvalue weighted by Gasteiger charge is 2.23. The normalized spacial score (nSPS) is 17.9. The molecule has 0 aromatic carbocycles. The molecule has 0 bridgehead atoms. The van der Waals surface area contributed by atoms with Crippen molar-refractivity contribution in [2.24, 2.45) is 0 Å². The maximum absolute atomic E-state index is 12.8. The van der Waals surface area contributed by atoms with Crippen LogP contribution in [-0.2, 0) is 4.57 Å². The molecule has 62 valence electrons. The number of hydrogen-bond acceptors (Lipinski definition) is 1. The van der Waals surface area contributed by atoms with Gasteiger partial charge in [0.1, 0.15) is 0 Å². The van der Waals surface area contributed by atoms with Crippen molar-refractivity contribution < 1.29 is 8.76 Å². The molecular weight excluding hydrogens is 154 g/mol. The molecule has 0 saturated heterocycles. The van der Waals surface area contributed by atoms with E-state index in [2.05, 4.69) is 5.09 Å². The minimum atomic E-state index is -3.74. The average molecular weight is 168 g/mol. The largest absolute Gasteiger partial charge is 0.379 e. The lowest BCUT2D eigenvalue weighted by Gasteiger charge is -2.18. The van der Waals surface area contributed by atoms with E-state index in [0.717, 1.165) is 4.67 Å². The summed E-state index contributed by atoms with van der Waals surface area (Å²) in [7, 11) is -0.856. The van der Waals surface area contributed by atoms with Crippen LogP contribution in [0.25, 0.3) is 0 Å². The lowest BCUT2D eigenvalue weighted by atomic mass is 10.4. The SMILES string of the molecule is CC(C)NP(=O)(F)N(C)C. The molecule has 0 heterocycles. The zero-order valence-corrected chi connectivity index (χ0v) is 7.65. The van der Waals surface area contributed by atoms with Crippen LogP contribution in [0.1, 0.15) is 13.8 Å². The Morgan fingerprint density at radius 3 is 2.00 bits per heavy atom. The van der Waals surface area contributed by atoms with Gasteiger partial charge in [-0.1, -0.05) is 0 Å². The quantitative estimate of drug-likeness (QED) is 0.650. The molecule has 0 fully saturated rings. The van der Waals surface area contributed by atoms with Gasteiger partial charge in [0.05, 0.1) is 0 Å². The van der Waals surface area contributed by atoms with Crippen LogP contribution >= 0.6 is 7.75 Å². The first-order valence-electron chi connectivity index (χ1n) is 3.11. The van der Waals surface area contributed by atoms with Gasteiger partial charge in [-0.2, -0.15) is 4.20 Å². The number of nitrogens with zero attached hydrogens (tertiary/aromatic N) is 1. The summed E-state index contributed by atoms with van der Waals surface area (Å²) in [4.78, 5) is 0. The highest BCUT2D eigenvalue weighted by atomic mass is 31.2. The fourth-order valence-electron chi connectivity index (χ4n) is 0.434. The Morgan fingerprint density at radius 2 is 1.90 bits per heavy atom. The third-order valence-electron chi connectivity index (χ3n) is 0.932. The van der Waals surface area contributed by atoms with E-state index in [4.69, 9.17) is 0 Å². The molecule has 0 spiro atoms. The fourth-order valence-corrected chi connectivity index (χ4v) is 1.30. The molecule has 0 aliphatic carbocycles. The topological polar surface area (TPSA) is 32.3 Å². The fraction of sp³-hybridized carbons (Fsp3) is 1.00. The van der Waals surface area contributed by atoms with Crippen molar-refractivity contribution in [1.29, 1.82) is 0 Å². The molecule has 5 heteroatoms. The van der Waals surface area contributed by atoms with E-state index in [1.54, 1.807) is 13.8 Å². The first kappa shape index (κ1) is 10.1. The lowest BCUT2D eigenvalue weighted by Crippen LogP contribution is -2.24. The summed E-state index contributed by atoms with van der Waals surface area (Å²) in [5.74, 6) is 0. The van der Waals surface area contributed by atoms with E-state index in [1.165, 1.54) is 14.1 Å². The first-order valence-corrected chi connectivity index (χ1v) is 4.66. The highest BCUT2D eigenvalue weighted by molar-refractivity contribution is 7.53. The summed E-state index contributed by atoms with van der Waals surface area (Å²) in [5.41, 5.74) is 0. The van der Waals surface area contributed by atoms with Crippen molar-refractivity contribution in [3.05, 3.63) is 0 Å². The Hall–Kier alpha value is 0.0800. The van der Waals surface area contributed by atoms with Crippen LogP contribution in [0.15, 0.2) is 0 Å².